The van der Waals surface area contributed by atoms with Gasteiger partial charge in [-0.25, -0.2) is 18.4 Å². The Morgan fingerprint density at radius 3 is 1.40 bits per heavy atom. The van der Waals surface area contributed by atoms with Crippen molar-refractivity contribution in [2.24, 2.45) is 0 Å². The lowest BCUT2D eigenvalue weighted by molar-refractivity contribution is -0.156. The fourth-order valence-electron chi connectivity index (χ4n) is 1.34. The van der Waals surface area contributed by atoms with E-state index in [1.165, 1.54) is 36.4 Å². The van der Waals surface area contributed by atoms with Crippen molar-refractivity contribution in [3.63, 3.8) is 0 Å². The number of ether oxygens (including phenoxy) is 2. The van der Waals surface area contributed by atoms with Crippen molar-refractivity contribution in [2.75, 3.05) is 0 Å². The largest absolute Gasteiger partial charge is 0.423 e. The highest BCUT2D eigenvalue weighted by Crippen LogP contribution is 2.18. The summed E-state index contributed by atoms with van der Waals surface area (Å²) in [6, 6.07) is 10.1. The number of carbonyl (C=O) groups excluding carboxylic acids is 2. The van der Waals surface area contributed by atoms with E-state index in [0.717, 1.165) is 12.1 Å². The van der Waals surface area contributed by atoms with E-state index in [1.54, 1.807) is 0 Å². The Balaban J connectivity index is 2.05. The minimum Gasteiger partial charge on any atom is -0.415 e. The second-order valence-electron chi connectivity index (χ2n) is 3.64. The lowest BCUT2D eigenvalue weighted by Gasteiger charge is -2.06. The molecule has 0 aromatic heterocycles. The molecule has 2 aromatic carbocycles. The molecule has 4 nitrogen and oxygen atoms in total. The van der Waals surface area contributed by atoms with Gasteiger partial charge in [0, 0.05) is 0 Å². The highest BCUT2D eigenvalue weighted by atomic mass is 19.1. The molecule has 102 valence electrons. The number of benzene rings is 2. The summed E-state index contributed by atoms with van der Waals surface area (Å²) in [5.41, 5.74) is 0. The van der Waals surface area contributed by atoms with Crippen molar-refractivity contribution in [1.29, 1.82) is 0 Å². The van der Waals surface area contributed by atoms with Crippen LogP contribution in [0.1, 0.15) is 0 Å². The van der Waals surface area contributed by atoms with Gasteiger partial charge in [0.25, 0.3) is 0 Å². The number of hydrogen-bond donors (Lipinski definition) is 0. The first-order chi connectivity index (χ1) is 9.58. The molecule has 0 saturated heterocycles. The monoisotopic (exact) mass is 278 g/mol. The summed E-state index contributed by atoms with van der Waals surface area (Å²) >= 11 is 0. The number of esters is 2. The van der Waals surface area contributed by atoms with E-state index in [1.807, 2.05) is 0 Å². The third-order valence-electron chi connectivity index (χ3n) is 2.25. The molecule has 6 heteroatoms. The smallest absolute Gasteiger partial charge is 0.415 e. The Kier molecular flexibility index (Phi) is 4.05. The molecule has 0 bridgehead atoms. The van der Waals surface area contributed by atoms with Gasteiger partial charge in [-0.1, -0.05) is 24.3 Å². The Hall–Kier alpha value is -2.76. The summed E-state index contributed by atoms with van der Waals surface area (Å²) in [5.74, 6) is -5.33. The number of rotatable bonds is 2. The third-order valence-corrected chi connectivity index (χ3v) is 2.25. The first kappa shape index (κ1) is 13.7. The van der Waals surface area contributed by atoms with Gasteiger partial charge in [0.1, 0.15) is 0 Å². The van der Waals surface area contributed by atoms with E-state index < -0.39 is 35.1 Å². The number of hydrogen-bond acceptors (Lipinski definition) is 4. The minimum atomic E-state index is -1.45. The molecule has 0 heterocycles. The van der Waals surface area contributed by atoms with Crippen molar-refractivity contribution >= 4 is 11.9 Å². The van der Waals surface area contributed by atoms with Crippen LogP contribution in [0.2, 0.25) is 0 Å². The minimum absolute atomic E-state index is 0.414. The Bertz CT molecular complexity index is 598. The molecule has 0 unspecified atom stereocenters. The molecule has 0 fully saturated rings. The first-order valence-electron chi connectivity index (χ1n) is 5.51. The fraction of sp³-hybridized carbons (Fsp3) is 0. The molecule has 0 radical (unpaired) electrons. The SMILES string of the molecule is O=C(Oc1ccccc1F)C(=O)Oc1ccccc1F. The second kappa shape index (κ2) is 5.92. The van der Waals surface area contributed by atoms with Gasteiger partial charge in [-0.2, -0.15) is 0 Å². The average molecular weight is 278 g/mol. The molecular weight excluding hydrogens is 270 g/mol. The standard InChI is InChI=1S/C14H8F2O4/c15-9-5-1-3-7-11(9)19-13(17)14(18)20-12-8-4-2-6-10(12)16/h1-8H. The van der Waals surface area contributed by atoms with Gasteiger partial charge in [-0.05, 0) is 24.3 Å². The summed E-state index contributed by atoms with van der Waals surface area (Å²) in [7, 11) is 0. The maximum Gasteiger partial charge on any atom is 0.423 e. The van der Waals surface area contributed by atoms with E-state index in [0.29, 0.717) is 0 Å². The summed E-state index contributed by atoms with van der Waals surface area (Å²) in [5, 5.41) is 0. The summed E-state index contributed by atoms with van der Waals surface area (Å²) in [6.07, 6.45) is 0. The zero-order chi connectivity index (χ0) is 14.5. The zero-order valence-corrected chi connectivity index (χ0v) is 10.0. The van der Waals surface area contributed by atoms with Crippen molar-refractivity contribution in [3.8, 4) is 11.5 Å². The van der Waals surface area contributed by atoms with Gasteiger partial charge >= 0.3 is 11.9 Å². The van der Waals surface area contributed by atoms with Crippen LogP contribution in [-0.4, -0.2) is 11.9 Å². The zero-order valence-electron chi connectivity index (χ0n) is 10.0. The Morgan fingerprint density at radius 2 is 1.05 bits per heavy atom. The predicted octanol–water partition coefficient (Wildman–Crippen LogP) is 2.48. The summed E-state index contributed by atoms with van der Waals surface area (Å²) in [4.78, 5) is 22.8. The van der Waals surface area contributed by atoms with Crippen LogP contribution in [0.25, 0.3) is 0 Å². The van der Waals surface area contributed by atoms with E-state index in [2.05, 4.69) is 9.47 Å². The van der Waals surface area contributed by atoms with Crippen LogP contribution >= 0.6 is 0 Å². The molecule has 0 saturated carbocycles. The molecule has 2 rings (SSSR count). The number of para-hydroxylation sites is 2. The van der Waals surface area contributed by atoms with Crippen molar-refractivity contribution in [3.05, 3.63) is 60.2 Å². The lowest BCUT2D eigenvalue weighted by atomic mass is 10.3. The van der Waals surface area contributed by atoms with Gasteiger partial charge in [0.05, 0.1) is 0 Å². The van der Waals surface area contributed by atoms with Crippen molar-refractivity contribution < 1.29 is 27.8 Å². The third kappa shape index (κ3) is 3.17. The number of halogens is 2. The molecule has 0 amide bonds. The maximum atomic E-state index is 13.2. The van der Waals surface area contributed by atoms with Crippen LogP contribution in [0.15, 0.2) is 48.5 Å². The molecule has 0 atom stereocenters. The van der Waals surface area contributed by atoms with E-state index >= 15 is 0 Å². The summed E-state index contributed by atoms with van der Waals surface area (Å²) < 4.78 is 35.4. The van der Waals surface area contributed by atoms with Crippen molar-refractivity contribution in [2.45, 2.75) is 0 Å². The van der Waals surface area contributed by atoms with E-state index in [4.69, 9.17) is 0 Å². The van der Waals surface area contributed by atoms with Crippen LogP contribution in [0.4, 0.5) is 8.78 Å². The lowest BCUT2D eigenvalue weighted by Crippen LogP contribution is -2.26. The van der Waals surface area contributed by atoms with E-state index in [9.17, 15) is 18.4 Å². The van der Waals surface area contributed by atoms with Crippen LogP contribution < -0.4 is 9.47 Å². The number of carbonyl (C=O) groups is 2. The maximum absolute atomic E-state index is 13.2. The summed E-state index contributed by atoms with van der Waals surface area (Å²) in [6.45, 7) is 0. The molecule has 0 spiro atoms. The molecule has 20 heavy (non-hydrogen) atoms. The van der Waals surface area contributed by atoms with Gasteiger partial charge in [-0.15, -0.1) is 0 Å². The van der Waals surface area contributed by atoms with Gasteiger partial charge < -0.3 is 9.47 Å². The average Bonchev–Trinajstić information content (AvgIpc) is 2.43. The normalized spacial score (nSPS) is 9.90. The molecule has 0 aliphatic rings. The molecule has 0 N–H and O–H groups in total. The fourth-order valence-corrected chi connectivity index (χ4v) is 1.34. The van der Waals surface area contributed by atoms with Gasteiger partial charge in [0.2, 0.25) is 0 Å². The second-order valence-corrected chi connectivity index (χ2v) is 3.64. The highest BCUT2D eigenvalue weighted by Gasteiger charge is 2.21. The van der Waals surface area contributed by atoms with Crippen LogP contribution in [0.5, 0.6) is 11.5 Å². The van der Waals surface area contributed by atoms with Gasteiger partial charge in [0.15, 0.2) is 23.1 Å². The van der Waals surface area contributed by atoms with Crippen LogP contribution in [-0.2, 0) is 9.59 Å². The first-order valence-corrected chi connectivity index (χ1v) is 5.51. The van der Waals surface area contributed by atoms with Crippen LogP contribution in [0, 0.1) is 11.6 Å². The van der Waals surface area contributed by atoms with Gasteiger partial charge in [-0.3, -0.25) is 0 Å². The molecule has 0 aliphatic carbocycles. The van der Waals surface area contributed by atoms with E-state index in [-0.39, 0.29) is 0 Å². The van der Waals surface area contributed by atoms with Crippen LogP contribution in [0.3, 0.4) is 0 Å². The highest BCUT2D eigenvalue weighted by molar-refractivity contribution is 6.31. The van der Waals surface area contributed by atoms with Crippen molar-refractivity contribution in [1.82, 2.24) is 0 Å². The Labute approximate surface area is 112 Å². The quantitative estimate of drug-likeness (QED) is 0.481. The molecule has 2 aromatic rings. The topological polar surface area (TPSA) is 52.6 Å². The Morgan fingerprint density at radius 1 is 0.700 bits per heavy atom. The molecular formula is C14H8F2O4. The molecule has 0 aliphatic heterocycles. The predicted molar refractivity (Wildman–Crippen MR) is 64.1 cm³/mol.